The molecule has 2 aromatic rings. The average Bonchev–Trinajstić information content (AvgIpc) is 2.82. The van der Waals surface area contributed by atoms with E-state index < -0.39 is 0 Å². The Morgan fingerprint density at radius 2 is 1.81 bits per heavy atom. The van der Waals surface area contributed by atoms with Crippen molar-refractivity contribution in [2.45, 2.75) is 26.5 Å². The molecule has 0 aliphatic carbocycles. The number of anilines is 1. The Hall–Kier alpha value is -2.20. The Bertz CT molecular complexity index is 826. The maximum atomic E-state index is 5.98. The maximum absolute atomic E-state index is 5.98. The summed E-state index contributed by atoms with van der Waals surface area (Å²) in [6.45, 7) is 9.62. The van der Waals surface area contributed by atoms with E-state index in [-0.39, 0.29) is 30.1 Å². The molecule has 2 N–H and O–H groups in total. The van der Waals surface area contributed by atoms with Crippen LogP contribution >= 0.6 is 24.0 Å². The van der Waals surface area contributed by atoms with E-state index in [1.165, 1.54) is 11.3 Å². The summed E-state index contributed by atoms with van der Waals surface area (Å²) in [5.41, 5.74) is 2.42. The first-order valence-corrected chi connectivity index (χ1v) is 10.9. The van der Waals surface area contributed by atoms with Crippen LogP contribution in [0.15, 0.2) is 53.5 Å². The number of benzene rings is 2. The SMILES string of the molecule is CCNC(=NCc1ccc(N2CCOCC2)cc1)NCC(C)Oc1cccc(OC)c1.I. The van der Waals surface area contributed by atoms with Gasteiger partial charge in [-0.1, -0.05) is 18.2 Å². The van der Waals surface area contributed by atoms with Crippen LogP contribution in [0.1, 0.15) is 19.4 Å². The van der Waals surface area contributed by atoms with Gasteiger partial charge in [-0.25, -0.2) is 4.99 Å². The molecule has 1 unspecified atom stereocenters. The fourth-order valence-electron chi connectivity index (χ4n) is 3.33. The molecule has 0 amide bonds. The smallest absolute Gasteiger partial charge is 0.191 e. The Balaban J connectivity index is 0.00000363. The molecule has 2 aromatic carbocycles. The lowest BCUT2D eigenvalue weighted by atomic mass is 10.2. The third-order valence-electron chi connectivity index (χ3n) is 5.01. The van der Waals surface area contributed by atoms with Crippen molar-refractivity contribution in [1.82, 2.24) is 10.6 Å². The van der Waals surface area contributed by atoms with Gasteiger partial charge in [0.25, 0.3) is 0 Å². The zero-order chi connectivity index (χ0) is 21.9. The van der Waals surface area contributed by atoms with Crippen molar-refractivity contribution < 1.29 is 14.2 Å². The summed E-state index contributed by atoms with van der Waals surface area (Å²) in [6, 6.07) is 16.3. The molecular formula is C24H35IN4O3. The van der Waals surface area contributed by atoms with E-state index in [0.29, 0.717) is 13.1 Å². The first kappa shape index (κ1) is 26.1. The van der Waals surface area contributed by atoms with E-state index in [0.717, 1.165) is 50.3 Å². The molecule has 1 saturated heterocycles. The molecular weight excluding hydrogens is 519 g/mol. The number of methoxy groups -OCH3 is 1. The number of ether oxygens (including phenoxy) is 3. The van der Waals surface area contributed by atoms with Crippen LogP contribution < -0.4 is 25.0 Å². The van der Waals surface area contributed by atoms with Crippen LogP contribution in [-0.2, 0) is 11.3 Å². The van der Waals surface area contributed by atoms with Crippen LogP contribution in [0, 0.1) is 0 Å². The Labute approximate surface area is 208 Å². The number of aliphatic imine (C=N–C) groups is 1. The van der Waals surface area contributed by atoms with Crippen molar-refractivity contribution in [3.63, 3.8) is 0 Å². The topological polar surface area (TPSA) is 67.4 Å². The summed E-state index contributed by atoms with van der Waals surface area (Å²) in [5, 5.41) is 6.66. The van der Waals surface area contributed by atoms with Gasteiger partial charge in [0.15, 0.2) is 5.96 Å². The van der Waals surface area contributed by atoms with Crippen LogP contribution in [-0.4, -0.2) is 58.6 Å². The van der Waals surface area contributed by atoms with Gasteiger partial charge in [0.05, 0.1) is 33.4 Å². The lowest BCUT2D eigenvalue weighted by molar-refractivity contribution is 0.122. The summed E-state index contributed by atoms with van der Waals surface area (Å²) >= 11 is 0. The fraction of sp³-hybridized carbons (Fsp3) is 0.458. The van der Waals surface area contributed by atoms with Gasteiger partial charge in [-0.15, -0.1) is 24.0 Å². The second kappa shape index (κ2) is 14.1. The monoisotopic (exact) mass is 554 g/mol. The van der Waals surface area contributed by atoms with E-state index in [1.807, 2.05) is 31.2 Å². The predicted octanol–water partition coefficient (Wildman–Crippen LogP) is 3.67. The number of guanidine groups is 1. The summed E-state index contributed by atoms with van der Waals surface area (Å²) < 4.78 is 16.7. The molecule has 3 rings (SSSR count). The Morgan fingerprint density at radius 3 is 2.50 bits per heavy atom. The highest BCUT2D eigenvalue weighted by atomic mass is 127. The Morgan fingerprint density at radius 1 is 1.09 bits per heavy atom. The van der Waals surface area contributed by atoms with Crippen molar-refractivity contribution in [3.05, 3.63) is 54.1 Å². The second-order valence-corrected chi connectivity index (χ2v) is 7.45. The van der Waals surface area contributed by atoms with Crippen molar-refractivity contribution in [2.75, 3.05) is 51.4 Å². The van der Waals surface area contributed by atoms with Crippen LogP contribution in [0.25, 0.3) is 0 Å². The van der Waals surface area contributed by atoms with Crippen LogP contribution in [0.3, 0.4) is 0 Å². The van der Waals surface area contributed by atoms with Gasteiger partial charge in [0.2, 0.25) is 0 Å². The number of rotatable bonds is 9. The minimum atomic E-state index is -0.0243. The number of hydrogen-bond donors (Lipinski definition) is 2. The number of nitrogens with zero attached hydrogens (tertiary/aromatic N) is 2. The molecule has 1 aliphatic rings. The number of morpholine rings is 1. The molecule has 1 fully saturated rings. The highest BCUT2D eigenvalue weighted by Crippen LogP contribution is 2.20. The molecule has 176 valence electrons. The first-order chi connectivity index (χ1) is 15.2. The molecule has 8 heteroatoms. The molecule has 0 radical (unpaired) electrons. The van der Waals surface area contributed by atoms with Crippen molar-refractivity contribution in [2.24, 2.45) is 4.99 Å². The van der Waals surface area contributed by atoms with E-state index in [4.69, 9.17) is 19.2 Å². The van der Waals surface area contributed by atoms with Gasteiger partial charge >= 0.3 is 0 Å². The second-order valence-electron chi connectivity index (χ2n) is 7.45. The van der Waals surface area contributed by atoms with Gasteiger partial charge < -0.3 is 29.7 Å². The number of halogens is 1. The lowest BCUT2D eigenvalue weighted by Crippen LogP contribution is -2.41. The molecule has 0 bridgehead atoms. The quantitative estimate of drug-likeness (QED) is 0.280. The zero-order valence-electron chi connectivity index (χ0n) is 19.2. The summed E-state index contributed by atoms with van der Waals surface area (Å²) in [4.78, 5) is 7.07. The van der Waals surface area contributed by atoms with Crippen LogP contribution in [0.5, 0.6) is 11.5 Å². The van der Waals surface area contributed by atoms with E-state index >= 15 is 0 Å². The summed E-state index contributed by atoms with van der Waals surface area (Å²) in [7, 11) is 1.65. The van der Waals surface area contributed by atoms with E-state index in [1.54, 1.807) is 7.11 Å². The summed E-state index contributed by atoms with van der Waals surface area (Å²) in [6.07, 6.45) is -0.0243. The highest BCUT2D eigenvalue weighted by Gasteiger charge is 2.11. The summed E-state index contributed by atoms with van der Waals surface area (Å²) in [5.74, 6) is 2.35. The molecule has 1 heterocycles. The van der Waals surface area contributed by atoms with Gasteiger partial charge in [0.1, 0.15) is 17.6 Å². The molecule has 1 aliphatic heterocycles. The molecule has 1 atom stereocenters. The number of hydrogen-bond acceptors (Lipinski definition) is 5. The number of nitrogens with one attached hydrogen (secondary N) is 2. The zero-order valence-corrected chi connectivity index (χ0v) is 21.5. The van der Waals surface area contributed by atoms with Crippen molar-refractivity contribution in [3.8, 4) is 11.5 Å². The predicted molar refractivity (Wildman–Crippen MR) is 141 cm³/mol. The van der Waals surface area contributed by atoms with Gasteiger partial charge in [-0.05, 0) is 43.7 Å². The average molecular weight is 554 g/mol. The maximum Gasteiger partial charge on any atom is 0.191 e. The first-order valence-electron chi connectivity index (χ1n) is 10.9. The standard InChI is InChI=1S/C24H34N4O3.HI/c1-4-25-24(26-17-19(2)31-23-7-5-6-22(16-23)29-3)27-18-20-8-10-21(11-9-20)28-12-14-30-15-13-28;/h5-11,16,19H,4,12-15,17-18H2,1-3H3,(H2,25,26,27);1H. The molecule has 0 saturated carbocycles. The Kier molecular flexibility index (Phi) is 11.4. The van der Waals surface area contributed by atoms with Gasteiger partial charge in [-0.2, -0.15) is 0 Å². The lowest BCUT2D eigenvalue weighted by Gasteiger charge is -2.28. The highest BCUT2D eigenvalue weighted by molar-refractivity contribution is 14.0. The molecule has 32 heavy (non-hydrogen) atoms. The molecule has 0 spiro atoms. The van der Waals surface area contributed by atoms with Crippen LogP contribution in [0.4, 0.5) is 5.69 Å². The minimum absolute atomic E-state index is 0. The normalized spacial score (nSPS) is 14.8. The van der Waals surface area contributed by atoms with Gasteiger partial charge in [0, 0.05) is 31.4 Å². The minimum Gasteiger partial charge on any atom is -0.497 e. The third-order valence-corrected chi connectivity index (χ3v) is 5.01. The van der Waals surface area contributed by atoms with Gasteiger partial charge in [-0.3, -0.25) is 0 Å². The van der Waals surface area contributed by atoms with Crippen molar-refractivity contribution in [1.29, 1.82) is 0 Å². The molecule has 7 nitrogen and oxygen atoms in total. The van der Waals surface area contributed by atoms with E-state index in [9.17, 15) is 0 Å². The largest absolute Gasteiger partial charge is 0.497 e. The third kappa shape index (κ3) is 8.38. The van der Waals surface area contributed by atoms with Crippen molar-refractivity contribution >= 4 is 35.6 Å². The fourth-order valence-corrected chi connectivity index (χ4v) is 3.33. The molecule has 0 aromatic heterocycles. The van der Waals surface area contributed by atoms with E-state index in [2.05, 4.69) is 46.7 Å². The van der Waals surface area contributed by atoms with Crippen LogP contribution in [0.2, 0.25) is 0 Å².